The summed E-state index contributed by atoms with van der Waals surface area (Å²) in [6.07, 6.45) is 4.63. The van der Waals surface area contributed by atoms with Gasteiger partial charge in [-0.05, 0) is 49.7 Å². The number of likely N-dealkylation sites (N-methyl/N-ethyl adjacent to an activating group) is 1. The average molecular weight is 348 g/mol. The van der Waals surface area contributed by atoms with E-state index < -0.39 is 0 Å². The monoisotopic (exact) mass is 347 g/mol. The number of hydrogen-bond acceptors (Lipinski definition) is 3. The zero-order chi connectivity index (χ0) is 15.3. The van der Waals surface area contributed by atoms with Crippen molar-refractivity contribution >= 4 is 15.9 Å². The molecular formula is C17H22BrN3. The molecule has 1 heterocycles. The molecule has 2 rings (SSSR count). The molecule has 1 atom stereocenters. The van der Waals surface area contributed by atoms with E-state index >= 15 is 0 Å². The number of aromatic nitrogens is 1. The van der Waals surface area contributed by atoms with Gasteiger partial charge in [-0.25, -0.2) is 0 Å². The third-order valence-electron chi connectivity index (χ3n) is 4.00. The lowest BCUT2D eigenvalue weighted by Gasteiger charge is -2.38. The molecule has 1 aromatic carbocycles. The molecule has 4 heteroatoms. The second-order valence-electron chi connectivity index (χ2n) is 5.72. The molecule has 1 unspecified atom stereocenters. The first-order valence-corrected chi connectivity index (χ1v) is 7.87. The molecule has 0 saturated carbocycles. The number of nitrogens with zero attached hydrogens (tertiary/aromatic N) is 2. The fourth-order valence-electron chi connectivity index (χ4n) is 2.36. The van der Waals surface area contributed by atoms with E-state index in [1.165, 1.54) is 11.1 Å². The summed E-state index contributed by atoms with van der Waals surface area (Å²) in [4.78, 5) is 6.49. The summed E-state index contributed by atoms with van der Waals surface area (Å²) in [5, 5.41) is 0. The highest BCUT2D eigenvalue weighted by Gasteiger charge is 2.28. The van der Waals surface area contributed by atoms with Crippen LogP contribution in [0.1, 0.15) is 18.1 Å². The second-order valence-corrected chi connectivity index (χ2v) is 6.64. The summed E-state index contributed by atoms with van der Waals surface area (Å²) in [7, 11) is 2.12. The van der Waals surface area contributed by atoms with E-state index in [4.69, 9.17) is 5.73 Å². The summed E-state index contributed by atoms with van der Waals surface area (Å²) in [5.41, 5.74) is 8.49. The van der Waals surface area contributed by atoms with Gasteiger partial charge < -0.3 is 5.73 Å². The van der Waals surface area contributed by atoms with Crippen molar-refractivity contribution in [2.75, 3.05) is 13.6 Å². The fraction of sp³-hybridized carbons (Fsp3) is 0.353. The van der Waals surface area contributed by atoms with E-state index in [0.717, 1.165) is 17.4 Å². The van der Waals surface area contributed by atoms with Crippen molar-refractivity contribution in [1.29, 1.82) is 0 Å². The molecular weight excluding hydrogens is 326 g/mol. The Labute approximate surface area is 135 Å². The summed E-state index contributed by atoms with van der Waals surface area (Å²) in [6, 6.07) is 12.5. The van der Waals surface area contributed by atoms with E-state index in [9.17, 15) is 0 Å². The van der Waals surface area contributed by atoms with E-state index in [2.05, 4.69) is 70.1 Å². The lowest BCUT2D eigenvalue weighted by molar-refractivity contribution is 0.136. The Bertz CT molecular complexity index is 556. The molecule has 0 bridgehead atoms. The van der Waals surface area contributed by atoms with Crippen LogP contribution in [0, 0.1) is 0 Å². The van der Waals surface area contributed by atoms with Crippen LogP contribution in [0.3, 0.4) is 0 Å². The molecule has 1 aromatic heterocycles. The summed E-state index contributed by atoms with van der Waals surface area (Å²) in [5.74, 6) is 0. The minimum Gasteiger partial charge on any atom is -0.329 e. The molecule has 0 aliphatic heterocycles. The smallest absolute Gasteiger partial charge is 0.0344 e. The van der Waals surface area contributed by atoms with Crippen molar-refractivity contribution in [3.63, 3.8) is 0 Å². The Morgan fingerprint density at radius 3 is 2.48 bits per heavy atom. The van der Waals surface area contributed by atoms with Crippen molar-refractivity contribution in [2.24, 2.45) is 5.73 Å². The van der Waals surface area contributed by atoms with Crippen LogP contribution in [0.2, 0.25) is 0 Å². The van der Waals surface area contributed by atoms with E-state index in [1.807, 2.05) is 12.3 Å². The average Bonchev–Trinajstić information content (AvgIpc) is 2.50. The SMILES string of the molecule is CN(Cc1cccnc1)C(C)(CN)Cc1ccc(Br)cc1. The minimum absolute atomic E-state index is 0.0797. The van der Waals surface area contributed by atoms with Gasteiger partial charge in [0.25, 0.3) is 0 Å². The van der Waals surface area contributed by atoms with E-state index in [1.54, 1.807) is 6.20 Å². The molecule has 21 heavy (non-hydrogen) atoms. The maximum Gasteiger partial charge on any atom is 0.0344 e. The van der Waals surface area contributed by atoms with Crippen LogP contribution in [-0.4, -0.2) is 29.0 Å². The van der Waals surface area contributed by atoms with Crippen LogP contribution < -0.4 is 5.73 Å². The quantitative estimate of drug-likeness (QED) is 0.872. The molecule has 0 aliphatic carbocycles. The third-order valence-corrected chi connectivity index (χ3v) is 4.53. The van der Waals surface area contributed by atoms with Gasteiger partial charge in [-0.2, -0.15) is 0 Å². The van der Waals surface area contributed by atoms with Crippen LogP contribution in [0.4, 0.5) is 0 Å². The lowest BCUT2D eigenvalue weighted by atomic mass is 9.91. The van der Waals surface area contributed by atoms with Gasteiger partial charge in [0.2, 0.25) is 0 Å². The summed E-state index contributed by atoms with van der Waals surface area (Å²) in [6.45, 7) is 3.67. The van der Waals surface area contributed by atoms with Crippen LogP contribution in [0.5, 0.6) is 0 Å². The van der Waals surface area contributed by atoms with Gasteiger partial charge in [-0.1, -0.05) is 34.1 Å². The third kappa shape index (κ3) is 4.37. The molecule has 0 spiro atoms. The number of halogens is 1. The lowest BCUT2D eigenvalue weighted by Crippen LogP contribution is -2.50. The Balaban J connectivity index is 2.10. The minimum atomic E-state index is -0.0797. The second kappa shape index (κ2) is 7.16. The predicted molar refractivity (Wildman–Crippen MR) is 91.0 cm³/mol. The number of pyridine rings is 1. The first-order valence-electron chi connectivity index (χ1n) is 7.08. The summed E-state index contributed by atoms with van der Waals surface area (Å²) >= 11 is 3.47. The number of rotatable bonds is 6. The largest absolute Gasteiger partial charge is 0.329 e. The standard InChI is InChI=1S/C17H22BrN3/c1-17(13-19,10-14-5-7-16(18)8-6-14)21(2)12-15-4-3-9-20-11-15/h3-9,11H,10,12-13,19H2,1-2H3. The molecule has 112 valence electrons. The number of hydrogen-bond donors (Lipinski definition) is 1. The molecule has 0 fully saturated rings. The number of nitrogens with two attached hydrogens (primary N) is 1. The molecule has 2 aromatic rings. The molecule has 0 radical (unpaired) electrons. The Morgan fingerprint density at radius 1 is 1.19 bits per heavy atom. The van der Waals surface area contributed by atoms with Gasteiger partial charge in [0.05, 0.1) is 0 Å². The highest BCUT2D eigenvalue weighted by Crippen LogP contribution is 2.22. The highest BCUT2D eigenvalue weighted by molar-refractivity contribution is 9.10. The zero-order valence-electron chi connectivity index (χ0n) is 12.6. The topological polar surface area (TPSA) is 42.2 Å². The van der Waals surface area contributed by atoms with Crippen LogP contribution >= 0.6 is 15.9 Å². The van der Waals surface area contributed by atoms with Crippen molar-refractivity contribution in [3.8, 4) is 0 Å². The van der Waals surface area contributed by atoms with Gasteiger partial charge in [-0.15, -0.1) is 0 Å². The molecule has 3 nitrogen and oxygen atoms in total. The van der Waals surface area contributed by atoms with Gasteiger partial charge >= 0.3 is 0 Å². The Hall–Kier alpha value is -1.23. The Morgan fingerprint density at radius 2 is 1.90 bits per heavy atom. The Kier molecular flexibility index (Phi) is 5.51. The van der Waals surface area contributed by atoms with Gasteiger partial charge in [0, 0.05) is 35.5 Å². The van der Waals surface area contributed by atoms with Gasteiger partial charge in [0.1, 0.15) is 0 Å². The molecule has 0 amide bonds. The van der Waals surface area contributed by atoms with Gasteiger partial charge in [0.15, 0.2) is 0 Å². The fourth-order valence-corrected chi connectivity index (χ4v) is 2.63. The summed E-state index contributed by atoms with van der Waals surface area (Å²) < 4.78 is 1.10. The van der Waals surface area contributed by atoms with E-state index in [0.29, 0.717) is 6.54 Å². The van der Waals surface area contributed by atoms with Crippen molar-refractivity contribution in [2.45, 2.75) is 25.4 Å². The molecule has 0 aliphatic rings. The van der Waals surface area contributed by atoms with Crippen molar-refractivity contribution in [1.82, 2.24) is 9.88 Å². The highest BCUT2D eigenvalue weighted by atomic mass is 79.9. The van der Waals surface area contributed by atoms with Gasteiger partial charge in [-0.3, -0.25) is 9.88 Å². The van der Waals surface area contributed by atoms with Crippen LogP contribution in [0.25, 0.3) is 0 Å². The number of benzene rings is 1. The van der Waals surface area contributed by atoms with Crippen molar-refractivity contribution in [3.05, 3.63) is 64.4 Å². The molecule has 0 saturated heterocycles. The van der Waals surface area contributed by atoms with E-state index in [-0.39, 0.29) is 5.54 Å². The first kappa shape index (κ1) is 16.1. The maximum absolute atomic E-state index is 6.07. The zero-order valence-corrected chi connectivity index (χ0v) is 14.2. The van der Waals surface area contributed by atoms with Crippen LogP contribution in [0.15, 0.2) is 53.3 Å². The molecule has 2 N–H and O–H groups in total. The normalized spacial score (nSPS) is 14.1. The van der Waals surface area contributed by atoms with Crippen molar-refractivity contribution < 1.29 is 0 Å². The first-order chi connectivity index (χ1) is 10.0. The predicted octanol–water partition coefficient (Wildman–Crippen LogP) is 3.24. The van der Waals surface area contributed by atoms with Crippen LogP contribution in [-0.2, 0) is 13.0 Å². The maximum atomic E-state index is 6.07.